The zero-order chi connectivity index (χ0) is 21.3. The quantitative estimate of drug-likeness (QED) is 0.524. The number of amides is 1. The monoisotopic (exact) mass is 444 g/mol. The van der Waals surface area contributed by atoms with Crippen LogP contribution in [0.4, 0.5) is 13.6 Å². The maximum Gasteiger partial charge on any atom is 0.408 e. The molecule has 1 unspecified atom stereocenters. The van der Waals surface area contributed by atoms with Crippen LogP contribution in [0.5, 0.6) is 0 Å². The lowest BCUT2D eigenvalue weighted by molar-refractivity contribution is 0.130. The fourth-order valence-corrected chi connectivity index (χ4v) is 3.65. The highest BCUT2D eigenvalue weighted by atomic mass is 35.5. The van der Waals surface area contributed by atoms with E-state index in [0.717, 1.165) is 18.2 Å². The molecule has 1 N–H and O–H groups in total. The Kier molecular flexibility index (Phi) is 5.58. The van der Waals surface area contributed by atoms with Crippen molar-refractivity contribution in [3.05, 3.63) is 98.8 Å². The Bertz CT molecular complexity index is 1190. The highest BCUT2D eigenvalue weighted by Gasteiger charge is 2.38. The first-order chi connectivity index (χ1) is 14.4. The van der Waals surface area contributed by atoms with Crippen molar-refractivity contribution in [2.75, 3.05) is 0 Å². The molecule has 1 aliphatic heterocycles. The molecule has 1 aliphatic rings. The summed E-state index contributed by atoms with van der Waals surface area (Å²) in [5, 5.41) is 3.53. The van der Waals surface area contributed by atoms with E-state index in [1.807, 2.05) is 0 Å². The predicted octanol–water partition coefficient (Wildman–Crippen LogP) is 5.59. The van der Waals surface area contributed by atoms with E-state index in [2.05, 4.69) is 22.1 Å². The normalized spacial score (nSPS) is 17.7. The summed E-state index contributed by atoms with van der Waals surface area (Å²) in [4.78, 5) is 16.0. The highest BCUT2D eigenvalue weighted by molar-refractivity contribution is 6.34. The Morgan fingerprint density at radius 1 is 0.967 bits per heavy atom. The number of cyclic esters (lactones) is 1. The van der Waals surface area contributed by atoms with Gasteiger partial charge in [0.15, 0.2) is 6.10 Å². The van der Waals surface area contributed by atoms with E-state index in [9.17, 15) is 13.6 Å². The van der Waals surface area contributed by atoms with E-state index in [1.54, 1.807) is 24.3 Å². The number of ether oxygens (including phenoxy) is 1. The van der Waals surface area contributed by atoms with Gasteiger partial charge < -0.3 is 10.1 Å². The molecule has 0 aliphatic carbocycles. The molecule has 1 fully saturated rings. The van der Waals surface area contributed by atoms with Crippen LogP contribution in [-0.4, -0.2) is 11.1 Å². The molecule has 3 aromatic rings. The number of nitrogens with zero attached hydrogens (tertiary/aromatic N) is 1. The van der Waals surface area contributed by atoms with Crippen LogP contribution < -0.4 is 5.32 Å². The van der Waals surface area contributed by atoms with Crippen molar-refractivity contribution in [2.45, 2.75) is 12.1 Å². The summed E-state index contributed by atoms with van der Waals surface area (Å²) in [6.45, 7) is 0. The molecular formula is C22H12Cl2F2N2O2. The molecule has 150 valence electrons. The second-order valence-corrected chi connectivity index (χ2v) is 7.40. The molecule has 2 atom stereocenters. The van der Waals surface area contributed by atoms with Crippen LogP contribution in [0.1, 0.15) is 34.4 Å². The van der Waals surface area contributed by atoms with Gasteiger partial charge in [-0.05, 0) is 48.0 Å². The Morgan fingerprint density at radius 3 is 2.47 bits per heavy atom. The van der Waals surface area contributed by atoms with Crippen LogP contribution in [0.2, 0.25) is 10.0 Å². The second-order valence-electron chi connectivity index (χ2n) is 6.53. The number of rotatable bonds is 2. The fourth-order valence-electron chi connectivity index (χ4n) is 3.12. The van der Waals surface area contributed by atoms with E-state index >= 15 is 0 Å². The number of alkyl carbamates (subject to hydrolysis) is 1. The molecule has 0 spiro atoms. The Balaban J connectivity index is 1.66. The number of aromatic nitrogens is 1. The molecule has 1 amide bonds. The van der Waals surface area contributed by atoms with Crippen molar-refractivity contribution in [3.63, 3.8) is 0 Å². The van der Waals surface area contributed by atoms with Gasteiger partial charge in [0.25, 0.3) is 0 Å². The van der Waals surface area contributed by atoms with Gasteiger partial charge in [0.2, 0.25) is 0 Å². The van der Waals surface area contributed by atoms with Gasteiger partial charge in [0.05, 0.1) is 0 Å². The molecule has 4 nitrogen and oxygen atoms in total. The van der Waals surface area contributed by atoms with Crippen LogP contribution in [0.3, 0.4) is 0 Å². The first kappa shape index (κ1) is 20.1. The zero-order valence-corrected chi connectivity index (χ0v) is 16.6. The number of hydrogen-bond acceptors (Lipinski definition) is 3. The number of carbonyl (C=O) groups is 1. The van der Waals surface area contributed by atoms with E-state index in [4.69, 9.17) is 27.9 Å². The average molecular weight is 445 g/mol. The summed E-state index contributed by atoms with van der Waals surface area (Å²) in [5.74, 6) is 4.58. The molecule has 30 heavy (non-hydrogen) atoms. The number of pyridine rings is 1. The largest absolute Gasteiger partial charge is 0.439 e. The molecule has 0 bridgehead atoms. The first-order valence-corrected chi connectivity index (χ1v) is 9.50. The number of carbonyl (C=O) groups excluding carboxylic acids is 1. The fraction of sp³-hybridized carbons (Fsp3) is 0.0909. The van der Waals surface area contributed by atoms with Crippen LogP contribution >= 0.6 is 23.2 Å². The van der Waals surface area contributed by atoms with Gasteiger partial charge >= 0.3 is 6.09 Å². The minimum atomic E-state index is -1.05. The van der Waals surface area contributed by atoms with Gasteiger partial charge in [-0.1, -0.05) is 35.0 Å². The zero-order valence-electron chi connectivity index (χ0n) is 15.1. The third-order valence-corrected chi connectivity index (χ3v) is 4.84. The third-order valence-electron chi connectivity index (χ3n) is 4.41. The predicted molar refractivity (Wildman–Crippen MR) is 108 cm³/mol. The number of nitrogens with one attached hydrogen (secondary N) is 1. The Morgan fingerprint density at radius 2 is 1.70 bits per heavy atom. The van der Waals surface area contributed by atoms with E-state index in [0.29, 0.717) is 26.7 Å². The topological polar surface area (TPSA) is 51.2 Å². The summed E-state index contributed by atoms with van der Waals surface area (Å²) in [7, 11) is 0. The lowest BCUT2D eigenvalue weighted by Crippen LogP contribution is -2.20. The SMILES string of the molecule is O=C1NC(c2cncc(C#Cc3cc(Cl)cc(Cl)c3)c2)[C@@H](c2cc(F)ccc2F)O1. The second kappa shape index (κ2) is 8.31. The molecule has 1 saturated heterocycles. The van der Waals surface area contributed by atoms with Gasteiger partial charge in [-0.2, -0.15) is 0 Å². The lowest BCUT2D eigenvalue weighted by atomic mass is 9.96. The first-order valence-electron chi connectivity index (χ1n) is 8.74. The van der Waals surface area contributed by atoms with Crippen LogP contribution in [-0.2, 0) is 4.74 Å². The average Bonchev–Trinajstić information content (AvgIpc) is 3.09. The van der Waals surface area contributed by atoms with Gasteiger partial charge in [-0.3, -0.25) is 4.98 Å². The van der Waals surface area contributed by atoms with Crippen molar-refractivity contribution < 1.29 is 18.3 Å². The van der Waals surface area contributed by atoms with Gasteiger partial charge in [-0.25, -0.2) is 13.6 Å². The van der Waals surface area contributed by atoms with Crippen LogP contribution in [0.25, 0.3) is 0 Å². The molecule has 8 heteroatoms. The molecule has 0 saturated carbocycles. The van der Waals surface area contributed by atoms with Crippen molar-refractivity contribution in [2.24, 2.45) is 0 Å². The van der Waals surface area contributed by atoms with Crippen molar-refractivity contribution in [1.82, 2.24) is 10.3 Å². The van der Waals surface area contributed by atoms with E-state index < -0.39 is 29.9 Å². The molecule has 2 heterocycles. The third kappa shape index (κ3) is 4.38. The molecular weight excluding hydrogens is 433 g/mol. The number of halogens is 4. The van der Waals surface area contributed by atoms with Gasteiger partial charge in [0, 0.05) is 39.1 Å². The smallest absolute Gasteiger partial charge is 0.408 e. The van der Waals surface area contributed by atoms with Crippen molar-refractivity contribution in [1.29, 1.82) is 0 Å². The van der Waals surface area contributed by atoms with E-state index in [1.165, 1.54) is 12.4 Å². The summed E-state index contributed by atoms with van der Waals surface area (Å²) >= 11 is 12.0. The standard InChI is InChI=1S/C22H12Cl2F2N2O2/c23-15-6-12(7-16(24)8-15)1-2-13-5-14(11-27-10-13)20-21(30-22(29)28-20)18-9-17(25)3-4-19(18)26/h3-11,20-21H,(H,28,29)/t20?,21-/m1/s1. The van der Waals surface area contributed by atoms with Crippen molar-refractivity contribution in [3.8, 4) is 11.8 Å². The summed E-state index contributed by atoms with van der Waals surface area (Å²) in [6, 6.07) is 8.87. The van der Waals surface area contributed by atoms with Gasteiger partial charge in [-0.15, -0.1) is 0 Å². The van der Waals surface area contributed by atoms with Crippen molar-refractivity contribution >= 4 is 29.3 Å². The van der Waals surface area contributed by atoms with Crippen LogP contribution in [0, 0.1) is 23.5 Å². The number of hydrogen-bond donors (Lipinski definition) is 1. The summed E-state index contributed by atoms with van der Waals surface area (Å²) in [6.07, 6.45) is 1.26. The van der Waals surface area contributed by atoms with E-state index in [-0.39, 0.29) is 5.56 Å². The summed E-state index contributed by atoms with van der Waals surface area (Å²) < 4.78 is 33.1. The maximum absolute atomic E-state index is 14.2. The van der Waals surface area contributed by atoms with Crippen LogP contribution in [0.15, 0.2) is 54.9 Å². The number of benzene rings is 2. The molecule has 2 aromatic carbocycles. The maximum atomic E-state index is 14.2. The molecule has 1 aromatic heterocycles. The summed E-state index contributed by atoms with van der Waals surface area (Å²) in [5.41, 5.74) is 1.63. The minimum Gasteiger partial charge on any atom is -0.439 e. The van der Waals surface area contributed by atoms with Gasteiger partial charge in [0.1, 0.15) is 17.7 Å². The lowest BCUT2D eigenvalue weighted by Gasteiger charge is -2.18. The molecule has 4 rings (SSSR count). The highest BCUT2D eigenvalue weighted by Crippen LogP contribution is 2.38. The minimum absolute atomic E-state index is 0.0663. The molecule has 0 radical (unpaired) electrons. The Labute approximate surface area is 180 Å². The Hall–Kier alpha value is -3.14.